The molecular formula is C23H39N. The molecule has 0 unspecified atom stereocenters. The summed E-state index contributed by atoms with van der Waals surface area (Å²) in [6.07, 6.45) is 23.0. The van der Waals surface area contributed by atoms with Crippen molar-refractivity contribution < 1.29 is 0 Å². The van der Waals surface area contributed by atoms with Gasteiger partial charge in [-0.15, -0.1) is 0 Å². The van der Waals surface area contributed by atoms with Gasteiger partial charge in [-0.25, -0.2) is 0 Å². The van der Waals surface area contributed by atoms with Crippen LogP contribution in [0.25, 0.3) is 0 Å². The minimum Gasteiger partial charge on any atom is -0.197 e. The molecule has 2 aliphatic rings. The van der Waals surface area contributed by atoms with Gasteiger partial charge in [0.05, 0.1) is 11.5 Å². The minimum absolute atomic E-state index is 0.137. The first-order chi connectivity index (χ1) is 11.7. The van der Waals surface area contributed by atoms with Crippen molar-refractivity contribution >= 4 is 0 Å². The standard InChI is InChI=1S/C23H39N/c1-3-5-6-7-8-16-23(19-24)17-14-22(15-18-23)21-12-10-20(9-4-2)11-13-21/h8,16,20-22H,3-7,9-15,17-18H2,1-2H3. The van der Waals surface area contributed by atoms with E-state index in [4.69, 9.17) is 0 Å². The summed E-state index contributed by atoms with van der Waals surface area (Å²) in [5, 5.41) is 9.73. The molecule has 0 spiro atoms. The van der Waals surface area contributed by atoms with Crippen molar-refractivity contribution in [3.05, 3.63) is 12.2 Å². The molecule has 0 heterocycles. The first-order valence-electron chi connectivity index (χ1n) is 10.8. The van der Waals surface area contributed by atoms with Gasteiger partial charge in [0.25, 0.3) is 0 Å². The molecule has 0 aromatic rings. The molecule has 1 nitrogen and oxygen atoms in total. The predicted octanol–water partition coefficient (Wildman–Crippen LogP) is 7.43. The van der Waals surface area contributed by atoms with E-state index in [1.807, 2.05) is 0 Å². The van der Waals surface area contributed by atoms with Crippen molar-refractivity contribution in [1.82, 2.24) is 0 Å². The van der Waals surface area contributed by atoms with Crippen LogP contribution in [0.5, 0.6) is 0 Å². The summed E-state index contributed by atoms with van der Waals surface area (Å²) in [6, 6.07) is 2.67. The molecule has 0 saturated heterocycles. The highest BCUT2D eigenvalue weighted by Gasteiger charge is 2.36. The van der Waals surface area contributed by atoms with Gasteiger partial charge in [-0.3, -0.25) is 0 Å². The van der Waals surface area contributed by atoms with Gasteiger partial charge in [0, 0.05) is 0 Å². The van der Waals surface area contributed by atoms with E-state index in [2.05, 4.69) is 32.1 Å². The number of nitriles is 1. The van der Waals surface area contributed by atoms with Gasteiger partial charge in [0.2, 0.25) is 0 Å². The third-order valence-electron chi connectivity index (χ3n) is 6.81. The van der Waals surface area contributed by atoms with Crippen LogP contribution in [0.15, 0.2) is 12.2 Å². The van der Waals surface area contributed by atoms with Crippen LogP contribution in [0, 0.1) is 34.5 Å². The van der Waals surface area contributed by atoms with E-state index in [1.165, 1.54) is 70.6 Å². The summed E-state index contributed by atoms with van der Waals surface area (Å²) in [5.74, 6) is 2.88. The number of hydrogen-bond acceptors (Lipinski definition) is 1. The second kappa shape index (κ2) is 10.3. The minimum atomic E-state index is -0.137. The molecule has 0 aliphatic heterocycles. The Balaban J connectivity index is 1.76. The summed E-state index contributed by atoms with van der Waals surface area (Å²) in [4.78, 5) is 0. The molecule has 0 atom stereocenters. The maximum Gasteiger partial charge on any atom is 0.0753 e. The van der Waals surface area contributed by atoms with E-state index in [0.717, 1.165) is 37.0 Å². The van der Waals surface area contributed by atoms with Gasteiger partial charge in [-0.05, 0) is 69.1 Å². The van der Waals surface area contributed by atoms with Gasteiger partial charge in [0.15, 0.2) is 0 Å². The lowest BCUT2D eigenvalue weighted by Crippen LogP contribution is -2.30. The third-order valence-corrected chi connectivity index (χ3v) is 6.81. The quantitative estimate of drug-likeness (QED) is 0.335. The number of unbranched alkanes of at least 4 members (excludes halogenated alkanes) is 3. The number of allylic oxidation sites excluding steroid dienone is 2. The monoisotopic (exact) mass is 329 g/mol. The van der Waals surface area contributed by atoms with E-state index >= 15 is 0 Å². The Morgan fingerprint density at radius 1 is 0.917 bits per heavy atom. The summed E-state index contributed by atoms with van der Waals surface area (Å²) in [7, 11) is 0. The van der Waals surface area contributed by atoms with Gasteiger partial charge in [0.1, 0.15) is 0 Å². The summed E-state index contributed by atoms with van der Waals surface area (Å²) < 4.78 is 0. The molecule has 2 saturated carbocycles. The van der Waals surface area contributed by atoms with Crippen LogP contribution in [0.4, 0.5) is 0 Å². The van der Waals surface area contributed by atoms with Crippen LogP contribution in [-0.4, -0.2) is 0 Å². The zero-order chi connectivity index (χ0) is 17.3. The van der Waals surface area contributed by atoms with Crippen molar-refractivity contribution in [1.29, 1.82) is 5.26 Å². The van der Waals surface area contributed by atoms with Gasteiger partial charge in [-0.1, -0.05) is 64.5 Å². The smallest absolute Gasteiger partial charge is 0.0753 e. The van der Waals surface area contributed by atoms with Crippen molar-refractivity contribution in [2.45, 2.75) is 104 Å². The average molecular weight is 330 g/mol. The van der Waals surface area contributed by atoms with Crippen LogP contribution in [0.2, 0.25) is 0 Å². The largest absolute Gasteiger partial charge is 0.197 e. The van der Waals surface area contributed by atoms with Crippen LogP contribution < -0.4 is 0 Å². The molecule has 0 aromatic carbocycles. The van der Waals surface area contributed by atoms with E-state index in [0.29, 0.717) is 0 Å². The van der Waals surface area contributed by atoms with Crippen LogP contribution in [0.1, 0.15) is 104 Å². The highest BCUT2D eigenvalue weighted by Crippen LogP contribution is 2.46. The zero-order valence-corrected chi connectivity index (χ0v) is 16.2. The lowest BCUT2D eigenvalue weighted by molar-refractivity contribution is 0.137. The van der Waals surface area contributed by atoms with Crippen molar-refractivity contribution in [3.8, 4) is 6.07 Å². The van der Waals surface area contributed by atoms with Gasteiger partial charge >= 0.3 is 0 Å². The molecule has 136 valence electrons. The van der Waals surface area contributed by atoms with Crippen molar-refractivity contribution in [3.63, 3.8) is 0 Å². The Kier molecular flexibility index (Phi) is 8.37. The summed E-state index contributed by atoms with van der Waals surface area (Å²) >= 11 is 0. The SMILES string of the molecule is CCCCCC=CC1(C#N)CCC(C2CCC(CCC)CC2)CC1. The van der Waals surface area contributed by atoms with Crippen LogP contribution >= 0.6 is 0 Å². The predicted molar refractivity (Wildman–Crippen MR) is 104 cm³/mol. The molecular weight excluding hydrogens is 290 g/mol. The molecule has 2 fully saturated rings. The van der Waals surface area contributed by atoms with Crippen molar-refractivity contribution in [2.75, 3.05) is 0 Å². The highest BCUT2D eigenvalue weighted by atomic mass is 14.4. The van der Waals surface area contributed by atoms with E-state index in [9.17, 15) is 5.26 Å². The molecule has 0 bridgehead atoms. The lowest BCUT2D eigenvalue weighted by Gasteiger charge is -2.39. The summed E-state index contributed by atoms with van der Waals surface area (Å²) in [6.45, 7) is 4.57. The number of nitrogens with zero attached hydrogens (tertiary/aromatic N) is 1. The average Bonchev–Trinajstić information content (AvgIpc) is 2.63. The third kappa shape index (κ3) is 5.65. The van der Waals surface area contributed by atoms with E-state index in [-0.39, 0.29) is 5.41 Å². The van der Waals surface area contributed by atoms with Crippen LogP contribution in [-0.2, 0) is 0 Å². The van der Waals surface area contributed by atoms with Crippen molar-refractivity contribution in [2.24, 2.45) is 23.2 Å². The molecule has 1 heteroatoms. The zero-order valence-electron chi connectivity index (χ0n) is 16.2. The molecule has 2 rings (SSSR count). The van der Waals surface area contributed by atoms with E-state index in [1.54, 1.807) is 0 Å². The molecule has 0 radical (unpaired) electrons. The first kappa shape index (κ1) is 19.6. The maximum atomic E-state index is 9.73. The first-order valence-corrected chi connectivity index (χ1v) is 10.8. The summed E-state index contributed by atoms with van der Waals surface area (Å²) in [5.41, 5.74) is -0.137. The molecule has 0 amide bonds. The second-order valence-electron chi connectivity index (χ2n) is 8.57. The molecule has 2 aliphatic carbocycles. The topological polar surface area (TPSA) is 23.8 Å². The Hall–Kier alpha value is -0.770. The van der Waals surface area contributed by atoms with Gasteiger partial charge in [-0.2, -0.15) is 5.26 Å². The number of hydrogen-bond donors (Lipinski definition) is 0. The lowest BCUT2D eigenvalue weighted by atomic mass is 9.64. The maximum absolute atomic E-state index is 9.73. The molecule has 0 N–H and O–H groups in total. The Bertz CT molecular complexity index is 400. The normalized spacial score (nSPS) is 34.3. The Morgan fingerprint density at radius 2 is 1.58 bits per heavy atom. The van der Waals surface area contributed by atoms with Gasteiger partial charge < -0.3 is 0 Å². The fourth-order valence-corrected chi connectivity index (χ4v) is 5.12. The highest BCUT2D eigenvalue weighted by molar-refractivity contribution is 5.14. The Labute approximate surface area is 150 Å². The Morgan fingerprint density at radius 3 is 2.17 bits per heavy atom. The second-order valence-corrected chi connectivity index (χ2v) is 8.57. The molecule has 24 heavy (non-hydrogen) atoms. The number of rotatable bonds is 8. The van der Waals surface area contributed by atoms with Crippen LogP contribution in [0.3, 0.4) is 0 Å². The fourth-order valence-electron chi connectivity index (χ4n) is 5.12. The van der Waals surface area contributed by atoms with E-state index < -0.39 is 0 Å². The fraction of sp³-hybridized carbons (Fsp3) is 0.870. The molecule has 0 aromatic heterocycles.